The van der Waals surface area contributed by atoms with Crippen molar-refractivity contribution in [2.24, 2.45) is 16.7 Å². The maximum Gasteiger partial charge on any atom is 0.380 e. The third kappa shape index (κ3) is 4.31. The molecule has 3 aromatic rings. The van der Waals surface area contributed by atoms with Gasteiger partial charge in [0.25, 0.3) is 5.78 Å². The average molecular weight is 529 g/mol. The van der Waals surface area contributed by atoms with Gasteiger partial charge in [-0.25, -0.2) is 4.79 Å². The van der Waals surface area contributed by atoms with Crippen LogP contribution in [0.25, 0.3) is 10.8 Å². The Labute approximate surface area is 229 Å². The highest BCUT2D eigenvalue weighted by Crippen LogP contribution is 2.69. The standard InChI is InChI=1S/C33H36O6/c1-6-17-33-18-16-25(32(33,2)3)29(30(33)39-31(35)27(34)21-12-8-7-9-13-21)38-20-22-19-26(36-4)23-14-10-11-15-24(23)28(22)37-5/h6-15,19,25,29-30H,1,16-18,20H2,2-5H3/t25-,29-,30-,33+/m1/s1. The molecule has 2 aliphatic rings. The number of carbonyl (C=O) groups is 2. The Kier molecular flexibility index (Phi) is 7.25. The van der Waals surface area contributed by atoms with Gasteiger partial charge >= 0.3 is 5.97 Å². The number of hydrogen-bond acceptors (Lipinski definition) is 6. The molecule has 2 aliphatic carbocycles. The molecule has 0 aromatic heterocycles. The second-order valence-electron chi connectivity index (χ2n) is 11.1. The molecule has 2 saturated carbocycles. The average Bonchev–Trinajstić information content (AvgIpc) is 3.30. The molecule has 0 N–H and O–H groups in total. The van der Waals surface area contributed by atoms with Crippen molar-refractivity contribution in [3.05, 3.63) is 84.4 Å². The first-order chi connectivity index (χ1) is 18.8. The molecule has 0 amide bonds. The quantitative estimate of drug-likeness (QED) is 0.129. The van der Waals surface area contributed by atoms with Crippen LogP contribution in [0.4, 0.5) is 0 Å². The number of esters is 1. The Morgan fingerprint density at radius 3 is 2.36 bits per heavy atom. The predicted octanol–water partition coefficient (Wildman–Crippen LogP) is 6.55. The van der Waals surface area contributed by atoms with E-state index < -0.39 is 17.9 Å². The Balaban J connectivity index is 1.48. The molecule has 6 heteroatoms. The van der Waals surface area contributed by atoms with Crippen molar-refractivity contribution < 1.29 is 28.5 Å². The van der Waals surface area contributed by atoms with Crippen LogP contribution in [0, 0.1) is 16.7 Å². The number of rotatable bonds is 10. The summed E-state index contributed by atoms with van der Waals surface area (Å²) < 4.78 is 24.3. The second kappa shape index (κ2) is 10.5. The van der Waals surface area contributed by atoms with E-state index in [1.165, 1.54) is 0 Å². The molecule has 0 radical (unpaired) electrons. The van der Waals surface area contributed by atoms with Crippen LogP contribution in [0.5, 0.6) is 11.5 Å². The monoisotopic (exact) mass is 528 g/mol. The summed E-state index contributed by atoms with van der Waals surface area (Å²) >= 11 is 0. The van der Waals surface area contributed by atoms with Crippen molar-refractivity contribution in [3.8, 4) is 11.5 Å². The lowest BCUT2D eigenvalue weighted by atomic mass is 9.66. The van der Waals surface area contributed by atoms with Gasteiger partial charge in [-0.15, -0.1) is 6.58 Å². The Morgan fingerprint density at radius 2 is 1.69 bits per heavy atom. The molecule has 6 nitrogen and oxygen atoms in total. The fourth-order valence-corrected chi connectivity index (χ4v) is 7.15. The third-order valence-corrected chi connectivity index (χ3v) is 9.20. The summed E-state index contributed by atoms with van der Waals surface area (Å²) in [6, 6.07) is 18.4. The number of methoxy groups -OCH3 is 2. The molecule has 0 heterocycles. The fourth-order valence-electron chi connectivity index (χ4n) is 7.15. The van der Waals surface area contributed by atoms with E-state index in [-0.39, 0.29) is 29.5 Å². The molecule has 0 unspecified atom stereocenters. The molecule has 5 rings (SSSR count). The maximum atomic E-state index is 13.2. The molecule has 0 aliphatic heterocycles. The molecule has 204 valence electrons. The summed E-state index contributed by atoms with van der Waals surface area (Å²) in [5.74, 6) is 0.108. The lowest BCUT2D eigenvalue weighted by Crippen LogP contribution is -2.46. The van der Waals surface area contributed by atoms with Crippen molar-refractivity contribution in [3.63, 3.8) is 0 Å². The highest BCUT2D eigenvalue weighted by atomic mass is 16.6. The van der Waals surface area contributed by atoms with Crippen molar-refractivity contribution in [2.75, 3.05) is 14.2 Å². The van der Waals surface area contributed by atoms with Crippen molar-refractivity contribution in [1.29, 1.82) is 0 Å². The van der Waals surface area contributed by atoms with Gasteiger partial charge in [0.1, 0.15) is 17.6 Å². The van der Waals surface area contributed by atoms with Crippen molar-refractivity contribution in [2.45, 2.75) is 51.9 Å². The molecule has 3 aromatic carbocycles. The Bertz CT molecular complexity index is 1390. The molecule has 2 bridgehead atoms. The largest absolute Gasteiger partial charge is 0.496 e. The van der Waals surface area contributed by atoms with E-state index in [9.17, 15) is 9.59 Å². The van der Waals surface area contributed by atoms with Crippen LogP contribution in [-0.2, 0) is 20.9 Å². The first-order valence-electron chi connectivity index (χ1n) is 13.4. The minimum atomic E-state index is -0.850. The number of ketones is 1. The van der Waals surface area contributed by atoms with Gasteiger partial charge < -0.3 is 18.9 Å². The highest BCUT2D eigenvalue weighted by molar-refractivity contribution is 6.40. The summed E-state index contributed by atoms with van der Waals surface area (Å²) in [4.78, 5) is 26.2. The van der Waals surface area contributed by atoms with E-state index in [4.69, 9.17) is 18.9 Å². The van der Waals surface area contributed by atoms with Gasteiger partial charge in [-0.2, -0.15) is 0 Å². The van der Waals surface area contributed by atoms with Gasteiger partial charge in [0.2, 0.25) is 0 Å². The molecule has 0 saturated heterocycles. The van der Waals surface area contributed by atoms with Gasteiger partial charge in [0, 0.05) is 27.3 Å². The summed E-state index contributed by atoms with van der Waals surface area (Å²) in [5, 5.41) is 1.89. The Morgan fingerprint density at radius 1 is 1.00 bits per heavy atom. The van der Waals surface area contributed by atoms with Gasteiger partial charge in [-0.1, -0.05) is 74.5 Å². The molecular formula is C33H36O6. The van der Waals surface area contributed by atoms with Crippen LogP contribution >= 0.6 is 0 Å². The lowest BCUT2D eigenvalue weighted by molar-refractivity contribution is -0.166. The number of allylic oxidation sites excluding steroid dienone is 1. The zero-order valence-corrected chi connectivity index (χ0v) is 23.1. The van der Waals surface area contributed by atoms with Crippen molar-refractivity contribution >= 4 is 22.5 Å². The first-order valence-corrected chi connectivity index (χ1v) is 13.4. The molecule has 39 heavy (non-hydrogen) atoms. The first kappa shape index (κ1) is 26.9. The number of ether oxygens (including phenoxy) is 4. The zero-order chi connectivity index (χ0) is 27.8. The summed E-state index contributed by atoms with van der Waals surface area (Å²) in [5.41, 5.74) is 0.601. The molecule has 4 atom stereocenters. The SMILES string of the molecule is C=CC[C@]12CC[C@H]([C@@H](OCc3cc(OC)c4ccccc4c3OC)[C@H]1OC(=O)C(=O)c1ccccc1)C2(C)C. The molecular weight excluding hydrogens is 492 g/mol. The van der Waals surface area contributed by atoms with Gasteiger partial charge in [-0.05, 0) is 36.7 Å². The van der Waals surface area contributed by atoms with Crippen LogP contribution < -0.4 is 9.47 Å². The number of Topliss-reactive ketones (excluding diaryl/α,β-unsaturated/α-hetero) is 1. The van der Waals surface area contributed by atoms with E-state index in [0.717, 1.165) is 40.7 Å². The summed E-state index contributed by atoms with van der Waals surface area (Å²) in [6.45, 7) is 8.69. The van der Waals surface area contributed by atoms with Gasteiger partial charge in [-0.3, -0.25) is 4.79 Å². The third-order valence-electron chi connectivity index (χ3n) is 9.20. The molecule has 2 fully saturated rings. The number of fused-ring (bicyclic) bond motifs is 3. The summed E-state index contributed by atoms with van der Waals surface area (Å²) in [7, 11) is 3.30. The summed E-state index contributed by atoms with van der Waals surface area (Å²) in [6.07, 6.45) is 3.41. The minimum absolute atomic E-state index is 0.149. The van der Waals surface area contributed by atoms with Crippen LogP contribution in [0.3, 0.4) is 0 Å². The van der Waals surface area contributed by atoms with Gasteiger partial charge in [0.15, 0.2) is 0 Å². The number of hydrogen-bond donors (Lipinski definition) is 0. The van der Waals surface area contributed by atoms with E-state index in [1.54, 1.807) is 44.6 Å². The predicted molar refractivity (Wildman–Crippen MR) is 150 cm³/mol. The normalized spacial score (nSPS) is 24.9. The molecule has 0 spiro atoms. The van der Waals surface area contributed by atoms with E-state index >= 15 is 0 Å². The Hall–Kier alpha value is -3.64. The fraction of sp³-hybridized carbons (Fsp3) is 0.394. The topological polar surface area (TPSA) is 71.1 Å². The van der Waals surface area contributed by atoms with E-state index in [2.05, 4.69) is 20.4 Å². The van der Waals surface area contributed by atoms with E-state index in [1.807, 2.05) is 36.4 Å². The number of benzene rings is 3. The number of carbonyl (C=O) groups excluding carboxylic acids is 2. The van der Waals surface area contributed by atoms with Crippen LogP contribution in [0.15, 0.2) is 73.3 Å². The van der Waals surface area contributed by atoms with E-state index in [0.29, 0.717) is 12.0 Å². The maximum absolute atomic E-state index is 13.2. The minimum Gasteiger partial charge on any atom is -0.496 e. The smallest absolute Gasteiger partial charge is 0.380 e. The highest BCUT2D eigenvalue weighted by Gasteiger charge is 2.70. The van der Waals surface area contributed by atoms with Crippen LogP contribution in [-0.4, -0.2) is 38.2 Å². The van der Waals surface area contributed by atoms with Crippen LogP contribution in [0.2, 0.25) is 0 Å². The zero-order valence-electron chi connectivity index (χ0n) is 23.1. The van der Waals surface area contributed by atoms with Gasteiger partial charge in [0.05, 0.1) is 26.9 Å². The van der Waals surface area contributed by atoms with Crippen molar-refractivity contribution in [1.82, 2.24) is 0 Å². The lowest BCUT2D eigenvalue weighted by Gasteiger charge is -2.41. The second-order valence-corrected chi connectivity index (χ2v) is 11.1. The van der Waals surface area contributed by atoms with Crippen LogP contribution in [0.1, 0.15) is 49.0 Å².